The highest BCUT2D eigenvalue weighted by Gasteiger charge is 2.27. The molecule has 0 amide bonds. The minimum Gasteiger partial charge on any atom is -0.496 e. The Morgan fingerprint density at radius 2 is 2.00 bits per heavy atom. The molecule has 0 bridgehead atoms. The number of ketones is 1. The molecule has 7 heteroatoms. The van der Waals surface area contributed by atoms with Gasteiger partial charge in [0.1, 0.15) is 12.4 Å². The zero-order valence-corrected chi connectivity index (χ0v) is 14.5. The topological polar surface area (TPSA) is 35.5 Å². The second-order valence-electron chi connectivity index (χ2n) is 5.29. The maximum atomic E-state index is 12.2. The number of rotatable bonds is 7. The Morgan fingerprint density at radius 1 is 1.24 bits per heavy atom. The van der Waals surface area contributed by atoms with Crippen molar-refractivity contribution in [2.45, 2.75) is 19.7 Å². The molecule has 0 aliphatic carbocycles. The maximum absolute atomic E-state index is 12.2. The van der Waals surface area contributed by atoms with Crippen molar-refractivity contribution >= 4 is 23.2 Å². The average molecular weight is 370 g/mol. The maximum Gasteiger partial charge on any atom is 0.411 e. The summed E-state index contributed by atoms with van der Waals surface area (Å²) in [5.41, 5.74) is 1.15. The lowest BCUT2D eigenvalue weighted by Crippen LogP contribution is -2.16. The molecule has 0 atom stereocenters. The van der Waals surface area contributed by atoms with Gasteiger partial charge in [0.05, 0.1) is 18.6 Å². The van der Waals surface area contributed by atoms with Gasteiger partial charge in [-0.05, 0) is 42.8 Å². The van der Waals surface area contributed by atoms with E-state index in [-0.39, 0.29) is 12.4 Å². The summed E-state index contributed by atoms with van der Waals surface area (Å²) < 4.78 is 46.4. The summed E-state index contributed by atoms with van der Waals surface area (Å²) in [6.07, 6.45) is -1.33. The molecule has 2 rings (SSSR count). The molecule has 0 saturated carbocycles. The fraction of sp³-hybridized carbons (Fsp3) is 0.278. The number of carbonyl (C=O) groups excluding carboxylic acids is 1. The Bertz CT molecular complexity index is 763. The van der Waals surface area contributed by atoms with E-state index < -0.39 is 12.8 Å². The molecule has 134 valence electrons. The molecule has 2 aromatic rings. The van der Waals surface area contributed by atoms with Crippen LogP contribution in [0.15, 0.2) is 36.4 Å². The van der Waals surface area contributed by atoms with Crippen molar-refractivity contribution in [3.05, 3.63) is 57.3 Å². The van der Waals surface area contributed by atoms with Crippen molar-refractivity contribution in [1.82, 2.24) is 0 Å². The summed E-state index contributed by atoms with van der Waals surface area (Å²) in [5, 5.41) is 0. The van der Waals surface area contributed by atoms with Gasteiger partial charge in [0.25, 0.3) is 0 Å². The molecule has 1 heterocycles. The van der Waals surface area contributed by atoms with Gasteiger partial charge in [0, 0.05) is 10.4 Å². The van der Waals surface area contributed by atoms with Crippen molar-refractivity contribution in [2.75, 3.05) is 13.7 Å². The Labute approximate surface area is 147 Å². The molecular weight excluding hydrogens is 353 g/mol. The fourth-order valence-corrected chi connectivity index (χ4v) is 2.90. The van der Waals surface area contributed by atoms with Crippen LogP contribution in [-0.4, -0.2) is 25.7 Å². The van der Waals surface area contributed by atoms with Crippen LogP contribution in [0.3, 0.4) is 0 Å². The van der Waals surface area contributed by atoms with Crippen LogP contribution in [0.4, 0.5) is 13.2 Å². The Hall–Kier alpha value is -2.12. The largest absolute Gasteiger partial charge is 0.496 e. The number of halogens is 3. The predicted octanol–water partition coefficient (Wildman–Crippen LogP) is 5.04. The molecule has 0 spiro atoms. The molecule has 0 fully saturated rings. The first-order chi connectivity index (χ1) is 11.8. The summed E-state index contributed by atoms with van der Waals surface area (Å²) in [5.74, 6) is 0.309. The number of carbonyl (C=O) groups is 1. The van der Waals surface area contributed by atoms with Gasteiger partial charge in [-0.2, -0.15) is 13.2 Å². The van der Waals surface area contributed by atoms with E-state index in [1.807, 2.05) is 13.0 Å². The van der Waals surface area contributed by atoms with E-state index in [2.05, 4.69) is 4.74 Å². The summed E-state index contributed by atoms with van der Waals surface area (Å²) in [6, 6.07) is 8.62. The molecule has 25 heavy (non-hydrogen) atoms. The van der Waals surface area contributed by atoms with E-state index in [4.69, 9.17) is 4.74 Å². The Balaban J connectivity index is 2.09. The molecular formula is C18H17F3O3S. The Morgan fingerprint density at radius 3 is 2.60 bits per heavy atom. The third kappa shape index (κ3) is 6.03. The summed E-state index contributed by atoms with van der Waals surface area (Å²) >= 11 is 1.41. The van der Waals surface area contributed by atoms with Gasteiger partial charge < -0.3 is 9.47 Å². The molecule has 1 aromatic carbocycles. The fourth-order valence-electron chi connectivity index (χ4n) is 2.11. The number of aryl methyl sites for hydroxylation is 1. The molecule has 0 unspecified atom stereocenters. The zero-order chi connectivity index (χ0) is 18.4. The number of benzene rings is 1. The smallest absolute Gasteiger partial charge is 0.411 e. The monoisotopic (exact) mass is 370 g/mol. The molecule has 1 aromatic heterocycles. The number of thiophene rings is 1. The number of hydrogen-bond donors (Lipinski definition) is 0. The lowest BCUT2D eigenvalue weighted by atomic mass is 10.1. The van der Waals surface area contributed by atoms with Gasteiger partial charge >= 0.3 is 6.18 Å². The first-order valence-corrected chi connectivity index (χ1v) is 8.20. The van der Waals surface area contributed by atoms with Gasteiger partial charge in [0.2, 0.25) is 0 Å². The van der Waals surface area contributed by atoms with E-state index in [0.29, 0.717) is 21.8 Å². The van der Waals surface area contributed by atoms with Crippen LogP contribution >= 0.6 is 11.3 Å². The van der Waals surface area contributed by atoms with Gasteiger partial charge in [0.15, 0.2) is 5.78 Å². The van der Waals surface area contributed by atoms with Crippen molar-refractivity contribution in [2.24, 2.45) is 0 Å². The zero-order valence-electron chi connectivity index (χ0n) is 13.7. The molecule has 3 nitrogen and oxygen atoms in total. The van der Waals surface area contributed by atoms with Gasteiger partial charge in [-0.15, -0.1) is 11.3 Å². The van der Waals surface area contributed by atoms with Crippen molar-refractivity contribution in [3.8, 4) is 5.75 Å². The molecule has 0 saturated heterocycles. The van der Waals surface area contributed by atoms with Gasteiger partial charge in [-0.1, -0.05) is 12.1 Å². The second-order valence-corrected chi connectivity index (χ2v) is 6.58. The highest BCUT2D eigenvalue weighted by molar-refractivity contribution is 7.14. The standard InChI is InChI=1S/C18H17F3O3S/c1-12-3-8-17(25-12)15(22)6-4-13-5-7-16(23-2)14(9-13)10-24-11-18(19,20)21/h3-9H,10-11H2,1-2H3/b6-4+. The van der Waals surface area contributed by atoms with Crippen LogP contribution in [0.2, 0.25) is 0 Å². The first-order valence-electron chi connectivity index (χ1n) is 7.39. The number of alkyl halides is 3. The number of methoxy groups -OCH3 is 1. The van der Waals surface area contributed by atoms with E-state index in [1.54, 1.807) is 30.3 Å². The minimum absolute atomic E-state index is 0.121. The molecule has 0 aliphatic heterocycles. The number of allylic oxidation sites excluding steroid dienone is 1. The highest BCUT2D eigenvalue weighted by atomic mass is 32.1. The molecule has 0 N–H and O–H groups in total. The van der Waals surface area contributed by atoms with Crippen molar-refractivity contribution in [1.29, 1.82) is 0 Å². The summed E-state index contributed by atoms with van der Waals surface area (Å²) in [7, 11) is 1.43. The summed E-state index contributed by atoms with van der Waals surface area (Å²) in [6.45, 7) is 0.358. The Kier molecular flexibility index (Phi) is 6.39. The van der Waals surface area contributed by atoms with Crippen molar-refractivity contribution in [3.63, 3.8) is 0 Å². The normalized spacial score (nSPS) is 11.9. The van der Waals surface area contributed by atoms with E-state index in [9.17, 15) is 18.0 Å². The van der Waals surface area contributed by atoms with Gasteiger partial charge in [-0.25, -0.2) is 0 Å². The third-order valence-electron chi connectivity index (χ3n) is 3.24. The average Bonchev–Trinajstić information content (AvgIpc) is 2.98. The van der Waals surface area contributed by atoms with E-state index in [1.165, 1.54) is 24.5 Å². The quantitative estimate of drug-likeness (QED) is 0.506. The van der Waals surface area contributed by atoms with Crippen LogP contribution in [-0.2, 0) is 11.3 Å². The third-order valence-corrected chi connectivity index (χ3v) is 4.25. The van der Waals surface area contributed by atoms with Gasteiger partial charge in [-0.3, -0.25) is 4.79 Å². The SMILES string of the molecule is COc1ccc(/C=C/C(=O)c2ccc(C)s2)cc1COCC(F)(F)F. The second kappa shape index (κ2) is 8.31. The number of hydrogen-bond acceptors (Lipinski definition) is 4. The van der Waals surface area contributed by atoms with Crippen LogP contribution in [0.25, 0.3) is 6.08 Å². The van der Waals surface area contributed by atoms with E-state index >= 15 is 0 Å². The van der Waals surface area contributed by atoms with Crippen LogP contribution in [0.5, 0.6) is 5.75 Å². The highest BCUT2D eigenvalue weighted by Crippen LogP contribution is 2.23. The van der Waals surface area contributed by atoms with E-state index in [0.717, 1.165) is 4.88 Å². The summed E-state index contributed by atoms with van der Waals surface area (Å²) in [4.78, 5) is 13.8. The minimum atomic E-state index is -4.38. The molecule has 0 aliphatic rings. The number of ether oxygens (including phenoxy) is 2. The predicted molar refractivity (Wildman–Crippen MR) is 91.1 cm³/mol. The van der Waals surface area contributed by atoms with Crippen LogP contribution in [0, 0.1) is 6.92 Å². The molecule has 0 radical (unpaired) electrons. The van der Waals surface area contributed by atoms with Crippen LogP contribution < -0.4 is 4.74 Å². The van der Waals surface area contributed by atoms with Crippen molar-refractivity contribution < 1.29 is 27.4 Å². The first kappa shape index (κ1) is 19.2. The van der Waals surface area contributed by atoms with Crippen LogP contribution in [0.1, 0.15) is 25.7 Å². The lowest BCUT2D eigenvalue weighted by Gasteiger charge is -2.11. The lowest BCUT2D eigenvalue weighted by molar-refractivity contribution is -0.176.